The van der Waals surface area contributed by atoms with Gasteiger partial charge in [-0.25, -0.2) is 4.39 Å². The third-order valence-corrected chi connectivity index (χ3v) is 6.57. The number of fused-ring (bicyclic) bond motifs is 1. The van der Waals surface area contributed by atoms with Gasteiger partial charge < -0.3 is 14.5 Å². The summed E-state index contributed by atoms with van der Waals surface area (Å²) in [6.07, 6.45) is 0.831. The molecule has 148 valence electrons. The lowest BCUT2D eigenvalue weighted by molar-refractivity contribution is 0.122. The predicted octanol–water partition coefficient (Wildman–Crippen LogP) is 2.06. The molecule has 2 aliphatic heterocycles. The Morgan fingerprint density at radius 2 is 2.00 bits per heavy atom. The molecule has 3 aliphatic rings. The van der Waals surface area contributed by atoms with Gasteiger partial charge in [-0.3, -0.25) is 9.78 Å². The Labute approximate surface area is 163 Å². The minimum atomic E-state index is -0.214. The van der Waals surface area contributed by atoms with Gasteiger partial charge in [0, 0.05) is 31.7 Å². The molecule has 1 saturated carbocycles. The molecule has 0 spiro atoms. The Morgan fingerprint density at radius 3 is 2.75 bits per heavy atom. The smallest absolute Gasteiger partial charge is 0.254 e. The molecule has 5 rings (SSSR count). The number of H-pyrrole nitrogens is 1. The highest BCUT2D eigenvalue weighted by Crippen LogP contribution is 2.56. The van der Waals surface area contributed by atoms with Gasteiger partial charge >= 0.3 is 0 Å². The van der Waals surface area contributed by atoms with E-state index in [1.807, 2.05) is 12.1 Å². The Morgan fingerprint density at radius 1 is 1.25 bits per heavy atom. The van der Waals surface area contributed by atoms with E-state index in [1.165, 1.54) is 12.1 Å². The van der Waals surface area contributed by atoms with Crippen LogP contribution in [0.2, 0.25) is 0 Å². The highest BCUT2D eigenvalue weighted by Gasteiger charge is 2.59. The number of hydrogen-bond donors (Lipinski definition) is 1. The van der Waals surface area contributed by atoms with E-state index in [0.717, 1.165) is 37.4 Å². The topological polar surface area (TPSA) is 61.5 Å². The molecule has 2 saturated heterocycles. The molecule has 3 heterocycles. The van der Waals surface area contributed by atoms with Crippen LogP contribution in [0.3, 0.4) is 0 Å². The van der Waals surface area contributed by atoms with Crippen LogP contribution in [0.1, 0.15) is 12.5 Å². The molecule has 3 unspecified atom stereocenters. The van der Waals surface area contributed by atoms with Crippen LogP contribution < -0.4 is 15.4 Å². The van der Waals surface area contributed by atoms with Crippen LogP contribution in [0.5, 0.6) is 0 Å². The maximum Gasteiger partial charge on any atom is 0.254 e. The van der Waals surface area contributed by atoms with Gasteiger partial charge in [-0.15, -0.1) is 0 Å². The summed E-state index contributed by atoms with van der Waals surface area (Å²) in [6.45, 7) is 6.01. The van der Waals surface area contributed by atoms with Gasteiger partial charge in [-0.05, 0) is 41.9 Å². The van der Waals surface area contributed by atoms with Crippen molar-refractivity contribution in [1.29, 1.82) is 0 Å². The quantitative estimate of drug-likeness (QED) is 0.874. The van der Waals surface area contributed by atoms with Gasteiger partial charge in [0.2, 0.25) is 5.95 Å². The lowest BCUT2D eigenvalue weighted by atomic mass is 10.0. The van der Waals surface area contributed by atoms with E-state index >= 15 is 0 Å². The molecule has 0 bridgehead atoms. The number of aromatic amines is 1. The second-order valence-electron chi connectivity index (χ2n) is 8.18. The van der Waals surface area contributed by atoms with E-state index in [-0.39, 0.29) is 17.4 Å². The zero-order valence-electron chi connectivity index (χ0n) is 16.0. The van der Waals surface area contributed by atoms with Crippen LogP contribution in [-0.4, -0.2) is 48.9 Å². The summed E-state index contributed by atoms with van der Waals surface area (Å²) in [4.78, 5) is 24.5. The predicted molar refractivity (Wildman–Crippen MR) is 105 cm³/mol. The van der Waals surface area contributed by atoms with Gasteiger partial charge in [0.1, 0.15) is 11.6 Å². The van der Waals surface area contributed by atoms with Crippen LogP contribution >= 0.6 is 0 Å². The fraction of sp³-hybridized carbons (Fsp3) is 0.524. The zero-order chi connectivity index (χ0) is 19.3. The van der Waals surface area contributed by atoms with Crippen molar-refractivity contribution in [3.8, 4) is 0 Å². The maximum absolute atomic E-state index is 13.3. The van der Waals surface area contributed by atoms with Crippen molar-refractivity contribution in [2.45, 2.75) is 19.4 Å². The highest BCUT2D eigenvalue weighted by atomic mass is 19.1. The van der Waals surface area contributed by atoms with Crippen LogP contribution in [-0.2, 0) is 11.2 Å². The Balaban J connectivity index is 1.43. The average Bonchev–Trinajstić information content (AvgIpc) is 3.17. The first-order valence-electron chi connectivity index (χ1n) is 10.1. The summed E-state index contributed by atoms with van der Waals surface area (Å²) in [5.41, 5.74) is 0.989. The molecule has 0 amide bonds. The number of benzene rings is 1. The minimum Gasteiger partial charge on any atom is -0.378 e. The van der Waals surface area contributed by atoms with Gasteiger partial charge in [0.05, 0.1) is 13.2 Å². The van der Waals surface area contributed by atoms with Crippen molar-refractivity contribution in [1.82, 2.24) is 9.97 Å². The standard InChI is InChI=1S/C21H25FN4O2/c1-13-16-12-26(17(20(13)16)10-14-2-4-15(22)5-3-14)21-23-18(11-19(27)24-21)25-6-8-28-9-7-25/h2-5,11,13,16-17,20H,6-10,12H2,1H3,(H,23,24,27)/t13?,16?,17-,20?/m1/s1. The van der Waals surface area contributed by atoms with Crippen LogP contribution in [0.25, 0.3) is 0 Å². The van der Waals surface area contributed by atoms with E-state index in [1.54, 1.807) is 6.07 Å². The third-order valence-electron chi connectivity index (χ3n) is 6.57. The minimum absolute atomic E-state index is 0.124. The molecule has 1 aliphatic carbocycles. The van der Waals surface area contributed by atoms with E-state index in [9.17, 15) is 9.18 Å². The second-order valence-corrected chi connectivity index (χ2v) is 8.18. The maximum atomic E-state index is 13.3. The number of rotatable bonds is 4. The fourth-order valence-corrected chi connectivity index (χ4v) is 4.95. The molecule has 1 aromatic heterocycles. The van der Waals surface area contributed by atoms with Crippen molar-refractivity contribution in [3.05, 3.63) is 52.1 Å². The summed E-state index contributed by atoms with van der Waals surface area (Å²) < 4.78 is 18.7. The summed E-state index contributed by atoms with van der Waals surface area (Å²) in [5, 5.41) is 0. The molecular formula is C21H25FN4O2. The SMILES string of the molecule is CC1C2CN(c3nc(N4CCOCC4)cc(=O)[nH]3)[C@H](Cc3ccc(F)cc3)C12. The van der Waals surface area contributed by atoms with Crippen molar-refractivity contribution in [3.63, 3.8) is 0 Å². The molecule has 3 fully saturated rings. The van der Waals surface area contributed by atoms with Gasteiger partial charge in [-0.1, -0.05) is 19.1 Å². The molecule has 0 radical (unpaired) electrons. The normalized spacial score (nSPS) is 29.1. The lowest BCUT2D eigenvalue weighted by Crippen LogP contribution is -2.40. The van der Waals surface area contributed by atoms with Gasteiger partial charge in [0.15, 0.2) is 0 Å². The number of nitrogens with one attached hydrogen (secondary N) is 1. The monoisotopic (exact) mass is 384 g/mol. The number of morpholine rings is 1. The Bertz CT molecular complexity index is 909. The third kappa shape index (κ3) is 3.17. The zero-order valence-corrected chi connectivity index (χ0v) is 16.0. The summed E-state index contributed by atoms with van der Waals surface area (Å²) in [6, 6.07) is 8.59. The summed E-state index contributed by atoms with van der Waals surface area (Å²) in [5.74, 6) is 3.09. The van der Waals surface area contributed by atoms with E-state index in [4.69, 9.17) is 9.72 Å². The number of aromatic nitrogens is 2. The molecule has 1 N–H and O–H groups in total. The number of halogens is 1. The second kappa shape index (κ2) is 6.88. The first-order valence-corrected chi connectivity index (χ1v) is 10.1. The first-order chi connectivity index (χ1) is 13.6. The first kappa shape index (κ1) is 17.7. The van der Waals surface area contributed by atoms with Crippen LogP contribution in [0.4, 0.5) is 16.2 Å². The van der Waals surface area contributed by atoms with Crippen LogP contribution in [0, 0.1) is 23.6 Å². The fourth-order valence-electron chi connectivity index (χ4n) is 4.95. The van der Waals surface area contributed by atoms with Crippen LogP contribution in [0.15, 0.2) is 35.1 Å². The van der Waals surface area contributed by atoms with Crippen molar-refractivity contribution < 1.29 is 9.13 Å². The molecule has 28 heavy (non-hydrogen) atoms. The van der Waals surface area contributed by atoms with E-state index in [0.29, 0.717) is 36.9 Å². The number of nitrogens with zero attached hydrogens (tertiary/aromatic N) is 3. The Kier molecular flexibility index (Phi) is 4.34. The van der Waals surface area contributed by atoms with E-state index in [2.05, 4.69) is 21.7 Å². The number of piperidine rings is 1. The van der Waals surface area contributed by atoms with Crippen molar-refractivity contribution in [2.75, 3.05) is 42.6 Å². The molecule has 6 nitrogen and oxygen atoms in total. The molecule has 2 aromatic rings. The van der Waals surface area contributed by atoms with Gasteiger partial charge in [0.25, 0.3) is 5.56 Å². The molecular weight excluding hydrogens is 359 g/mol. The average molecular weight is 384 g/mol. The van der Waals surface area contributed by atoms with Crippen molar-refractivity contribution >= 4 is 11.8 Å². The van der Waals surface area contributed by atoms with E-state index < -0.39 is 0 Å². The molecule has 1 aromatic carbocycles. The summed E-state index contributed by atoms with van der Waals surface area (Å²) >= 11 is 0. The Hall–Kier alpha value is -2.41. The number of ether oxygens (including phenoxy) is 1. The van der Waals surface area contributed by atoms with Gasteiger partial charge in [-0.2, -0.15) is 4.98 Å². The largest absolute Gasteiger partial charge is 0.378 e. The highest BCUT2D eigenvalue weighted by molar-refractivity contribution is 5.47. The lowest BCUT2D eigenvalue weighted by Gasteiger charge is -2.31. The molecule has 7 heteroatoms. The number of anilines is 2. The summed E-state index contributed by atoms with van der Waals surface area (Å²) in [7, 11) is 0. The number of hydrogen-bond acceptors (Lipinski definition) is 5. The molecule has 4 atom stereocenters. The van der Waals surface area contributed by atoms with Crippen molar-refractivity contribution in [2.24, 2.45) is 17.8 Å².